The number of hydrogen-bond donors (Lipinski definition) is 2. The Morgan fingerprint density at radius 3 is 2.68 bits per heavy atom. The largest absolute Gasteiger partial charge is 0.496 e. The van der Waals surface area contributed by atoms with Crippen LogP contribution in [-0.2, 0) is 10.0 Å². The molecule has 0 bridgehead atoms. The van der Waals surface area contributed by atoms with Crippen molar-refractivity contribution in [3.05, 3.63) is 23.8 Å². The number of rotatable bonds is 6. The third kappa shape index (κ3) is 3.60. The molecule has 1 aliphatic carbocycles. The molecule has 0 atom stereocenters. The van der Waals surface area contributed by atoms with Gasteiger partial charge in [0, 0.05) is 6.07 Å². The van der Waals surface area contributed by atoms with E-state index in [2.05, 4.69) is 4.72 Å². The van der Waals surface area contributed by atoms with Gasteiger partial charge in [0.25, 0.3) is 0 Å². The first-order valence-electron chi connectivity index (χ1n) is 5.83. The second kappa shape index (κ2) is 5.08. The number of carbonyl (C=O) groups is 1. The molecule has 2 N–H and O–H groups in total. The number of hydrogen-bond acceptors (Lipinski definition) is 4. The fraction of sp³-hybridized carbons (Fsp3) is 0.417. The summed E-state index contributed by atoms with van der Waals surface area (Å²) in [4.78, 5) is 10.9. The third-order valence-electron chi connectivity index (χ3n) is 2.86. The van der Waals surface area contributed by atoms with Crippen LogP contribution in [0.25, 0.3) is 0 Å². The summed E-state index contributed by atoms with van der Waals surface area (Å²) in [5, 5.41) is 8.93. The number of sulfonamides is 1. The monoisotopic (exact) mass is 285 g/mol. The lowest BCUT2D eigenvalue weighted by Crippen LogP contribution is -2.18. The second-order valence-electron chi connectivity index (χ2n) is 4.55. The molecule has 104 valence electrons. The van der Waals surface area contributed by atoms with Gasteiger partial charge in [-0.15, -0.1) is 0 Å². The van der Waals surface area contributed by atoms with Gasteiger partial charge in [-0.1, -0.05) is 0 Å². The number of aromatic carboxylic acids is 1. The molecular formula is C12H15NO5S. The number of nitrogens with one attached hydrogen (secondary N) is 1. The Hall–Kier alpha value is -1.76. The quantitative estimate of drug-likeness (QED) is 0.827. The number of methoxy groups -OCH3 is 1. The molecule has 0 spiro atoms. The zero-order valence-corrected chi connectivity index (χ0v) is 11.2. The molecular weight excluding hydrogens is 270 g/mol. The Labute approximate surface area is 111 Å². The number of anilines is 1. The number of carboxylic acids is 1. The lowest BCUT2D eigenvalue weighted by Gasteiger charge is -2.10. The van der Waals surface area contributed by atoms with Crippen molar-refractivity contribution in [3.8, 4) is 5.75 Å². The van der Waals surface area contributed by atoms with Crippen molar-refractivity contribution in [2.24, 2.45) is 5.92 Å². The molecule has 1 saturated carbocycles. The lowest BCUT2D eigenvalue weighted by atomic mass is 10.2. The first kappa shape index (κ1) is 13.7. The van der Waals surface area contributed by atoms with Crippen LogP contribution in [0.3, 0.4) is 0 Å². The molecule has 0 saturated heterocycles. The van der Waals surface area contributed by atoms with E-state index < -0.39 is 16.0 Å². The van der Waals surface area contributed by atoms with Crippen molar-refractivity contribution in [1.82, 2.24) is 0 Å². The molecule has 0 aromatic heterocycles. The number of ether oxygens (including phenoxy) is 1. The fourth-order valence-corrected chi connectivity index (χ4v) is 3.27. The predicted molar refractivity (Wildman–Crippen MR) is 70.1 cm³/mol. The summed E-state index contributed by atoms with van der Waals surface area (Å²) in [7, 11) is -2.04. The summed E-state index contributed by atoms with van der Waals surface area (Å²) in [6.45, 7) is 0. The lowest BCUT2D eigenvalue weighted by molar-refractivity contribution is 0.0693. The molecule has 19 heavy (non-hydrogen) atoms. The van der Waals surface area contributed by atoms with Crippen LogP contribution in [0.4, 0.5) is 5.69 Å². The molecule has 6 nitrogen and oxygen atoms in total. The molecule has 7 heteroatoms. The maximum absolute atomic E-state index is 11.8. The fourth-order valence-electron chi connectivity index (χ4n) is 1.75. The van der Waals surface area contributed by atoms with Gasteiger partial charge in [0.2, 0.25) is 10.0 Å². The average molecular weight is 285 g/mol. The van der Waals surface area contributed by atoms with E-state index in [0.29, 0.717) is 5.69 Å². The minimum atomic E-state index is -3.38. The van der Waals surface area contributed by atoms with Gasteiger partial charge >= 0.3 is 5.97 Å². The summed E-state index contributed by atoms with van der Waals surface area (Å²) in [5.41, 5.74) is 0.301. The molecule has 0 amide bonds. The van der Waals surface area contributed by atoms with Crippen LogP contribution in [0.5, 0.6) is 5.75 Å². The Bertz CT molecular complexity index is 592. The SMILES string of the molecule is COc1cc(NS(=O)(=O)CC2CC2)ccc1C(=O)O. The van der Waals surface area contributed by atoms with Gasteiger partial charge in [-0.05, 0) is 30.9 Å². The smallest absolute Gasteiger partial charge is 0.339 e. The Morgan fingerprint density at radius 2 is 2.16 bits per heavy atom. The summed E-state index contributed by atoms with van der Waals surface area (Å²) in [6.07, 6.45) is 1.89. The van der Waals surface area contributed by atoms with E-state index in [1.165, 1.54) is 25.3 Å². The highest BCUT2D eigenvalue weighted by atomic mass is 32.2. The normalized spacial score (nSPS) is 15.0. The standard InChI is InChI=1S/C12H15NO5S/c1-18-11-6-9(4-5-10(11)12(14)15)13-19(16,17)7-8-2-3-8/h4-6,8,13H,2-3,7H2,1H3,(H,14,15). The van der Waals surface area contributed by atoms with Crippen molar-refractivity contribution in [2.45, 2.75) is 12.8 Å². The molecule has 0 unspecified atom stereocenters. The third-order valence-corrected chi connectivity index (χ3v) is 4.31. The van der Waals surface area contributed by atoms with Crippen molar-refractivity contribution in [1.29, 1.82) is 0 Å². The van der Waals surface area contributed by atoms with E-state index in [-0.39, 0.29) is 23.0 Å². The Morgan fingerprint density at radius 1 is 1.47 bits per heavy atom. The van der Waals surface area contributed by atoms with Crippen LogP contribution in [0.2, 0.25) is 0 Å². The molecule has 0 radical (unpaired) electrons. The van der Waals surface area contributed by atoms with Crippen LogP contribution in [0.15, 0.2) is 18.2 Å². The van der Waals surface area contributed by atoms with Crippen LogP contribution < -0.4 is 9.46 Å². The van der Waals surface area contributed by atoms with Gasteiger partial charge in [0.05, 0.1) is 18.6 Å². The van der Waals surface area contributed by atoms with E-state index in [4.69, 9.17) is 9.84 Å². The molecule has 2 rings (SSSR count). The predicted octanol–water partition coefficient (Wildman–Crippen LogP) is 1.55. The first-order chi connectivity index (χ1) is 8.91. The van der Waals surface area contributed by atoms with E-state index in [0.717, 1.165) is 12.8 Å². The van der Waals surface area contributed by atoms with Gasteiger partial charge in [-0.25, -0.2) is 13.2 Å². The van der Waals surface area contributed by atoms with Crippen molar-refractivity contribution in [2.75, 3.05) is 17.6 Å². The topological polar surface area (TPSA) is 92.7 Å². The molecule has 0 aliphatic heterocycles. The Balaban J connectivity index is 2.18. The van der Waals surface area contributed by atoms with Crippen LogP contribution in [0, 0.1) is 5.92 Å². The molecule has 1 aromatic rings. The van der Waals surface area contributed by atoms with E-state index in [1.807, 2.05) is 0 Å². The minimum absolute atomic E-state index is 0.00681. The zero-order valence-electron chi connectivity index (χ0n) is 10.4. The summed E-state index contributed by atoms with van der Waals surface area (Å²) < 4.78 is 31.0. The summed E-state index contributed by atoms with van der Waals surface area (Å²) in [5.74, 6) is -0.642. The van der Waals surface area contributed by atoms with Gasteiger partial charge in [-0.3, -0.25) is 4.72 Å². The number of carboxylic acid groups (broad SMARTS) is 1. The highest BCUT2D eigenvalue weighted by Crippen LogP contribution is 2.31. The minimum Gasteiger partial charge on any atom is -0.496 e. The molecule has 0 heterocycles. The summed E-state index contributed by atoms with van der Waals surface area (Å²) >= 11 is 0. The molecule has 1 fully saturated rings. The number of benzene rings is 1. The Kier molecular flexibility index (Phi) is 3.66. The van der Waals surface area contributed by atoms with Gasteiger partial charge in [0.15, 0.2) is 0 Å². The van der Waals surface area contributed by atoms with Crippen LogP contribution in [0.1, 0.15) is 23.2 Å². The second-order valence-corrected chi connectivity index (χ2v) is 6.31. The molecule has 1 aromatic carbocycles. The molecule has 1 aliphatic rings. The van der Waals surface area contributed by atoms with E-state index in [9.17, 15) is 13.2 Å². The van der Waals surface area contributed by atoms with E-state index >= 15 is 0 Å². The van der Waals surface area contributed by atoms with Gasteiger partial charge < -0.3 is 9.84 Å². The van der Waals surface area contributed by atoms with Crippen LogP contribution in [-0.4, -0.2) is 32.4 Å². The average Bonchev–Trinajstić information content (AvgIpc) is 3.10. The highest BCUT2D eigenvalue weighted by Gasteiger charge is 2.28. The van der Waals surface area contributed by atoms with Crippen molar-refractivity contribution < 1.29 is 23.1 Å². The maximum Gasteiger partial charge on any atom is 0.339 e. The maximum atomic E-state index is 11.8. The van der Waals surface area contributed by atoms with Crippen molar-refractivity contribution in [3.63, 3.8) is 0 Å². The zero-order chi connectivity index (χ0) is 14.0. The van der Waals surface area contributed by atoms with E-state index in [1.54, 1.807) is 0 Å². The van der Waals surface area contributed by atoms with Crippen LogP contribution >= 0.6 is 0 Å². The first-order valence-corrected chi connectivity index (χ1v) is 7.48. The van der Waals surface area contributed by atoms with Gasteiger partial charge in [-0.2, -0.15) is 0 Å². The van der Waals surface area contributed by atoms with Crippen molar-refractivity contribution >= 4 is 21.7 Å². The van der Waals surface area contributed by atoms with Gasteiger partial charge in [0.1, 0.15) is 11.3 Å². The highest BCUT2D eigenvalue weighted by molar-refractivity contribution is 7.92. The summed E-state index contributed by atoms with van der Waals surface area (Å²) in [6, 6.07) is 4.10.